The Morgan fingerprint density at radius 2 is 1.89 bits per heavy atom. The van der Waals surface area contributed by atoms with Crippen molar-refractivity contribution in [1.82, 2.24) is 0 Å². The maximum atomic E-state index is 12.3. The van der Waals surface area contributed by atoms with Crippen LogP contribution in [0.2, 0.25) is 0 Å². The number of ether oxygens (including phenoxy) is 2. The van der Waals surface area contributed by atoms with Gasteiger partial charge in [-0.15, -0.1) is 0 Å². The Morgan fingerprint density at radius 1 is 1.18 bits per heavy atom. The van der Waals surface area contributed by atoms with Gasteiger partial charge < -0.3 is 14.6 Å². The minimum atomic E-state index is -0.407. The van der Waals surface area contributed by atoms with Crippen LogP contribution < -0.4 is 4.74 Å². The number of aromatic hydroxyl groups is 1. The lowest BCUT2D eigenvalue weighted by molar-refractivity contribution is -0.121. The molecule has 0 spiro atoms. The molecule has 1 saturated heterocycles. The summed E-state index contributed by atoms with van der Waals surface area (Å²) in [6.07, 6.45) is 9.34. The van der Waals surface area contributed by atoms with Crippen LogP contribution in [0.25, 0.3) is 6.08 Å². The summed E-state index contributed by atoms with van der Waals surface area (Å²) < 4.78 is 11.1. The molecule has 0 amide bonds. The van der Waals surface area contributed by atoms with Crippen LogP contribution in [-0.4, -0.2) is 35.0 Å². The number of epoxide rings is 1. The van der Waals surface area contributed by atoms with E-state index in [9.17, 15) is 14.7 Å². The summed E-state index contributed by atoms with van der Waals surface area (Å²) in [6, 6.07) is 4.78. The third-order valence-electron chi connectivity index (χ3n) is 6.11. The number of carbonyl (C=O) groups excluding carboxylic acids is 2. The van der Waals surface area contributed by atoms with Crippen molar-refractivity contribution in [3.8, 4) is 11.5 Å². The second-order valence-electron chi connectivity index (χ2n) is 8.51. The first-order valence-electron chi connectivity index (χ1n) is 9.63. The fraction of sp³-hybridized carbons (Fsp3) is 0.478. The highest BCUT2D eigenvalue weighted by molar-refractivity contribution is 6.09. The molecule has 1 saturated carbocycles. The molecule has 1 aromatic carbocycles. The van der Waals surface area contributed by atoms with Crippen LogP contribution in [-0.2, 0) is 14.3 Å². The maximum Gasteiger partial charge on any atom is 0.163 e. The zero-order valence-corrected chi connectivity index (χ0v) is 17.0. The fourth-order valence-electron chi connectivity index (χ4n) is 4.40. The molecule has 5 nitrogen and oxygen atoms in total. The Kier molecular flexibility index (Phi) is 5.24. The molecule has 150 valence electrons. The van der Waals surface area contributed by atoms with Gasteiger partial charge in [-0.3, -0.25) is 9.59 Å². The minimum Gasteiger partial charge on any atom is -0.504 e. The summed E-state index contributed by atoms with van der Waals surface area (Å²) in [5.41, 5.74) is 0.0671. The zero-order valence-electron chi connectivity index (χ0n) is 17.0. The van der Waals surface area contributed by atoms with Crippen molar-refractivity contribution >= 4 is 17.6 Å². The first kappa shape index (κ1) is 20.3. The number of methoxy groups -OCH3 is 1. The Labute approximate surface area is 166 Å². The molecule has 0 radical (unpaired) electrons. The van der Waals surface area contributed by atoms with Gasteiger partial charge in [-0.05, 0) is 62.1 Å². The highest BCUT2D eigenvalue weighted by Gasteiger charge is 2.73. The molecule has 2 fully saturated rings. The van der Waals surface area contributed by atoms with E-state index < -0.39 is 5.60 Å². The standard InChI is InChI=1S/C23H28O5/c1-21(2)11-5-12-22(3)23(21,28-22)13-10-18(25)15-17(24)8-6-16-7-9-19(26)20(14-16)27-4/h6-10,13-14,26H,5,11-12,15H2,1-4H3/b8-6+,13-10+. The van der Waals surface area contributed by atoms with Crippen molar-refractivity contribution in [2.45, 2.75) is 57.7 Å². The third-order valence-corrected chi connectivity index (χ3v) is 6.11. The molecule has 0 bridgehead atoms. The minimum absolute atomic E-state index is 0.0292. The molecule has 1 aliphatic heterocycles. The first-order chi connectivity index (χ1) is 13.1. The fourth-order valence-corrected chi connectivity index (χ4v) is 4.40. The molecule has 2 atom stereocenters. The van der Waals surface area contributed by atoms with Gasteiger partial charge in [0.1, 0.15) is 5.60 Å². The van der Waals surface area contributed by atoms with Crippen molar-refractivity contribution in [2.75, 3.05) is 7.11 Å². The van der Waals surface area contributed by atoms with E-state index in [1.54, 1.807) is 18.2 Å². The molecule has 1 aromatic rings. The number of hydrogen-bond acceptors (Lipinski definition) is 5. The van der Waals surface area contributed by atoms with Gasteiger partial charge >= 0.3 is 0 Å². The number of allylic oxidation sites excluding steroid dienone is 2. The van der Waals surface area contributed by atoms with E-state index in [1.807, 2.05) is 6.08 Å². The highest BCUT2D eigenvalue weighted by Crippen LogP contribution is 2.65. The summed E-state index contributed by atoms with van der Waals surface area (Å²) in [7, 11) is 1.46. The second kappa shape index (κ2) is 7.21. The second-order valence-corrected chi connectivity index (χ2v) is 8.51. The predicted molar refractivity (Wildman–Crippen MR) is 107 cm³/mol. The van der Waals surface area contributed by atoms with Crippen LogP contribution in [0.1, 0.15) is 52.0 Å². The number of fused-ring (bicyclic) bond motifs is 1. The molecule has 1 aliphatic carbocycles. The van der Waals surface area contributed by atoms with Crippen LogP contribution in [0.4, 0.5) is 0 Å². The topological polar surface area (TPSA) is 76.1 Å². The van der Waals surface area contributed by atoms with Crippen LogP contribution in [0.15, 0.2) is 36.4 Å². The summed E-state index contributed by atoms with van der Waals surface area (Å²) in [4.78, 5) is 24.4. The lowest BCUT2D eigenvalue weighted by Gasteiger charge is -2.36. The molecule has 2 aliphatic rings. The lowest BCUT2D eigenvalue weighted by Crippen LogP contribution is -2.41. The average molecular weight is 384 g/mol. The largest absolute Gasteiger partial charge is 0.504 e. The summed E-state index contributed by atoms with van der Waals surface area (Å²) in [5, 5.41) is 9.60. The summed E-state index contributed by atoms with van der Waals surface area (Å²) in [6.45, 7) is 6.45. The molecule has 1 N–H and O–H groups in total. The van der Waals surface area contributed by atoms with E-state index in [0.29, 0.717) is 11.3 Å². The normalized spacial score (nSPS) is 28.3. The Balaban J connectivity index is 1.61. The summed E-state index contributed by atoms with van der Waals surface area (Å²) >= 11 is 0. The van der Waals surface area contributed by atoms with Crippen LogP contribution >= 0.6 is 0 Å². The lowest BCUT2D eigenvalue weighted by atomic mass is 9.64. The zero-order chi connectivity index (χ0) is 20.6. The molecule has 5 heteroatoms. The maximum absolute atomic E-state index is 12.3. The number of benzene rings is 1. The third kappa shape index (κ3) is 3.63. The SMILES string of the molecule is COc1cc(/C=C/C(=O)CC(=O)/C=C/C23OC2(C)CCCC3(C)C)ccc1O. The van der Waals surface area contributed by atoms with Gasteiger partial charge in [0.05, 0.1) is 19.1 Å². The van der Waals surface area contributed by atoms with Gasteiger partial charge in [-0.1, -0.05) is 26.0 Å². The van der Waals surface area contributed by atoms with E-state index in [-0.39, 0.29) is 34.8 Å². The Bertz CT molecular complexity index is 851. The number of phenols is 1. The van der Waals surface area contributed by atoms with Gasteiger partial charge in [0.15, 0.2) is 23.1 Å². The number of phenolic OH excluding ortho intramolecular Hbond substituents is 1. The molecular weight excluding hydrogens is 356 g/mol. The van der Waals surface area contributed by atoms with E-state index in [4.69, 9.17) is 9.47 Å². The molecule has 0 aromatic heterocycles. The predicted octanol–water partition coefficient (Wildman–Crippen LogP) is 4.24. The summed E-state index contributed by atoms with van der Waals surface area (Å²) in [5.74, 6) is -0.144. The number of rotatable bonds is 7. The van der Waals surface area contributed by atoms with Gasteiger partial charge in [-0.25, -0.2) is 0 Å². The van der Waals surface area contributed by atoms with Gasteiger partial charge in [-0.2, -0.15) is 0 Å². The molecule has 3 rings (SSSR count). The number of ketones is 2. The van der Waals surface area contributed by atoms with Crippen LogP contribution in [0.5, 0.6) is 11.5 Å². The molecule has 2 unspecified atom stereocenters. The van der Waals surface area contributed by atoms with Crippen molar-refractivity contribution in [2.24, 2.45) is 5.41 Å². The molecule has 28 heavy (non-hydrogen) atoms. The Morgan fingerprint density at radius 3 is 2.57 bits per heavy atom. The van der Waals surface area contributed by atoms with Gasteiger partial charge in [0.25, 0.3) is 0 Å². The van der Waals surface area contributed by atoms with Crippen LogP contribution in [0, 0.1) is 5.41 Å². The molecular formula is C23H28O5. The quantitative estimate of drug-likeness (QED) is 0.432. The van der Waals surface area contributed by atoms with E-state index in [0.717, 1.165) is 19.3 Å². The number of hydrogen-bond donors (Lipinski definition) is 1. The van der Waals surface area contributed by atoms with Crippen LogP contribution in [0.3, 0.4) is 0 Å². The molecule has 1 heterocycles. The van der Waals surface area contributed by atoms with Crippen molar-refractivity contribution in [1.29, 1.82) is 0 Å². The first-order valence-corrected chi connectivity index (χ1v) is 9.63. The van der Waals surface area contributed by atoms with Crippen molar-refractivity contribution in [3.05, 3.63) is 42.0 Å². The smallest absolute Gasteiger partial charge is 0.163 e. The van der Waals surface area contributed by atoms with Gasteiger partial charge in [0, 0.05) is 5.41 Å². The average Bonchev–Trinajstić information content (AvgIpc) is 3.27. The van der Waals surface area contributed by atoms with Gasteiger partial charge in [0.2, 0.25) is 0 Å². The van der Waals surface area contributed by atoms with Crippen molar-refractivity contribution in [3.63, 3.8) is 0 Å². The van der Waals surface area contributed by atoms with E-state index >= 15 is 0 Å². The van der Waals surface area contributed by atoms with E-state index in [1.165, 1.54) is 25.3 Å². The number of carbonyl (C=O) groups is 2. The highest BCUT2D eigenvalue weighted by atomic mass is 16.6. The monoisotopic (exact) mass is 384 g/mol. The van der Waals surface area contributed by atoms with Crippen molar-refractivity contribution < 1.29 is 24.2 Å². The van der Waals surface area contributed by atoms with E-state index in [2.05, 4.69) is 20.8 Å². The Hall–Kier alpha value is -2.40.